The van der Waals surface area contributed by atoms with Crippen molar-refractivity contribution < 1.29 is 9.90 Å². The topological polar surface area (TPSA) is 84.4 Å². The number of carboxylic acids is 1. The smallest absolute Gasteiger partial charge is 0.356 e. The second-order valence-electron chi connectivity index (χ2n) is 8.18. The Hall–Kier alpha value is -2.67. The monoisotopic (exact) mass is 381 g/mol. The van der Waals surface area contributed by atoms with Crippen molar-refractivity contribution in [2.75, 3.05) is 0 Å². The summed E-state index contributed by atoms with van der Waals surface area (Å²) < 4.78 is 3.95. The zero-order valence-corrected chi connectivity index (χ0v) is 16.6. The molecule has 28 heavy (non-hydrogen) atoms. The molecule has 1 aliphatic rings. The van der Waals surface area contributed by atoms with Crippen LogP contribution in [-0.2, 0) is 25.9 Å². The van der Waals surface area contributed by atoms with Crippen molar-refractivity contribution in [3.05, 3.63) is 52.7 Å². The van der Waals surface area contributed by atoms with Gasteiger partial charge < -0.3 is 14.8 Å². The van der Waals surface area contributed by atoms with E-state index in [-0.39, 0.29) is 11.7 Å². The maximum absolute atomic E-state index is 11.7. The van der Waals surface area contributed by atoms with E-state index in [1.165, 1.54) is 5.56 Å². The Bertz CT molecular complexity index is 1020. The van der Waals surface area contributed by atoms with E-state index < -0.39 is 5.97 Å². The van der Waals surface area contributed by atoms with Crippen LogP contribution in [0.2, 0.25) is 0 Å². The fraction of sp³-hybridized carbons (Fsp3) is 0.476. The molecule has 7 nitrogen and oxygen atoms in total. The Morgan fingerprint density at radius 3 is 2.93 bits per heavy atom. The van der Waals surface area contributed by atoms with Gasteiger partial charge in [0, 0.05) is 42.8 Å². The molecule has 0 spiro atoms. The van der Waals surface area contributed by atoms with Crippen molar-refractivity contribution in [2.24, 2.45) is 5.92 Å². The average Bonchev–Trinajstić information content (AvgIpc) is 3.20. The van der Waals surface area contributed by atoms with Crippen LogP contribution in [0.4, 0.5) is 0 Å². The standard InChI is InChI=1S/C21H27N5O2/c1-13(2)10-26-18-6-5-15(8-17(18)20(24-26)21(27)28)22-9-16-12-25-11-14(3)4-7-19(25)23-16/h4,7,11-13,15,22H,5-6,8-10H2,1-3H3,(H,27,28). The van der Waals surface area contributed by atoms with E-state index in [1.807, 2.05) is 21.3 Å². The summed E-state index contributed by atoms with van der Waals surface area (Å²) in [5.41, 5.74) is 5.32. The van der Waals surface area contributed by atoms with Gasteiger partial charge >= 0.3 is 5.97 Å². The molecular weight excluding hydrogens is 354 g/mol. The molecule has 0 aromatic carbocycles. The van der Waals surface area contributed by atoms with Gasteiger partial charge in [0.2, 0.25) is 0 Å². The molecule has 0 radical (unpaired) electrons. The molecule has 148 valence electrons. The highest BCUT2D eigenvalue weighted by molar-refractivity contribution is 5.87. The summed E-state index contributed by atoms with van der Waals surface area (Å²) in [4.78, 5) is 16.3. The van der Waals surface area contributed by atoms with Crippen molar-refractivity contribution in [1.82, 2.24) is 24.5 Å². The summed E-state index contributed by atoms with van der Waals surface area (Å²) in [6.07, 6.45) is 6.64. The fourth-order valence-corrected chi connectivity index (χ4v) is 4.02. The fourth-order valence-electron chi connectivity index (χ4n) is 4.02. The SMILES string of the molecule is Cc1ccc2nc(CNC3CCc4c(c(C(=O)O)nn4CC(C)C)C3)cn2c1. The molecule has 0 amide bonds. The number of aromatic nitrogens is 4. The van der Waals surface area contributed by atoms with Crippen LogP contribution < -0.4 is 5.32 Å². The summed E-state index contributed by atoms with van der Waals surface area (Å²) >= 11 is 0. The Kier molecular flexibility index (Phi) is 4.93. The summed E-state index contributed by atoms with van der Waals surface area (Å²) in [6.45, 7) is 7.74. The third-order valence-corrected chi connectivity index (χ3v) is 5.31. The second kappa shape index (κ2) is 7.39. The molecule has 3 aromatic heterocycles. The summed E-state index contributed by atoms with van der Waals surface area (Å²) in [5.74, 6) is -0.504. The van der Waals surface area contributed by atoms with Crippen LogP contribution in [0.3, 0.4) is 0 Å². The minimum absolute atomic E-state index is 0.213. The number of carboxylic acid groups (broad SMARTS) is 1. The van der Waals surface area contributed by atoms with E-state index in [4.69, 9.17) is 0 Å². The first kappa shape index (κ1) is 18.7. The van der Waals surface area contributed by atoms with E-state index in [0.717, 1.165) is 42.0 Å². The van der Waals surface area contributed by atoms with Crippen LogP contribution in [0, 0.1) is 12.8 Å². The third-order valence-electron chi connectivity index (χ3n) is 5.31. The van der Waals surface area contributed by atoms with Gasteiger partial charge in [-0.2, -0.15) is 5.10 Å². The van der Waals surface area contributed by atoms with Gasteiger partial charge in [-0.05, 0) is 43.7 Å². The van der Waals surface area contributed by atoms with Crippen LogP contribution >= 0.6 is 0 Å². The van der Waals surface area contributed by atoms with E-state index in [0.29, 0.717) is 18.9 Å². The minimum Gasteiger partial charge on any atom is -0.476 e. The Morgan fingerprint density at radius 1 is 1.36 bits per heavy atom. The Morgan fingerprint density at radius 2 is 2.18 bits per heavy atom. The first-order valence-corrected chi connectivity index (χ1v) is 9.90. The zero-order valence-electron chi connectivity index (χ0n) is 16.6. The van der Waals surface area contributed by atoms with E-state index >= 15 is 0 Å². The van der Waals surface area contributed by atoms with Gasteiger partial charge in [-0.25, -0.2) is 9.78 Å². The molecule has 1 atom stereocenters. The van der Waals surface area contributed by atoms with Crippen molar-refractivity contribution in [2.45, 2.75) is 59.2 Å². The van der Waals surface area contributed by atoms with Gasteiger partial charge in [-0.3, -0.25) is 4.68 Å². The molecule has 0 saturated carbocycles. The number of carbonyl (C=O) groups is 1. The molecule has 0 saturated heterocycles. The molecule has 4 rings (SSSR count). The predicted molar refractivity (Wildman–Crippen MR) is 107 cm³/mol. The van der Waals surface area contributed by atoms with Crippen LogP contribution in [0.25, 0.3) is 5.65 Å². The zero-order chi connectivity index (χ0) is 19.8. The number of imidazole rings is 1. The number of aryl methyl sites for hydroxylation is 1. The molecule has 3 aromatic rings. The van der Waals surface area contributed by atoms with Crippen LogP contribution in [0.5, 0.6) is 0 Å². The lowest BCUT2D eigenvalue weighted by Gasteiger charge is -2.24. The lowest BCUT2D eigenvalue weighted by molar-refractivity contribution is 0.0688. The number of rotatable bonds is 6. The molecule has 3 heterocycles. The average molecular weight is 381 g/mol. The quantitative estimate of drug-likeness (QED) is 0.686. The van der Waals surface area contributed by atoms with Gasteiger partial charge in [-0.15, -0.1) is 0 Å². The van der Waals surface area contributed by atoms with Crippen LogP contribution in [0.1, 0.15) is 53.3 Å². The Labute approximate surface area is 164 Å². The van der Waals surface area contributed by atoms with E-state index in [2.05, 4.69) is 48.4 Å². The summed E-state index contributed by atoms with van der Waals surface area (Å²) in [5, 5.41) is 17.5. The van der Waals surface area contributed by atoms with Gasteiger partial charge in [-0.1, -0.05) is 19.9 Å². The molecule has 1 unspecified atom stereocenters. The van der Waals surface area contributed by atoms with Gasteiger partial charge in [0.15, 0.2) is 5.69 Å². The number of hydrogen-bond donors (Lipinski definition) is 2. The first-order valence-electron chi connectivity index (χ1n) is 9.90. The Balaban J connectivity index is 1.48. The second-order valence-corrected chi connectivity index (χ2v) is 8.18. The molecule has 0 bridgehead atoms. The maximum atomic E-state index is 11.7. The lowest BCUT2D eigenvalue weighted by Crippen LogP contribution is -2.35. The van der Waals surface area contributed by atoms with Crippen molar-refractivity contribution in [1.29, 1.82) is 0 Å². The molecule has 2 N–H and O–H groups in total. The number of aromatic carboxylic acids is 1. The predicted octanol–water partition coefficient (Wildman–Crippen LogP) is 2.84. The van der Waals surface area contributed by atoms with Crippen LogP contribution in [0.15, 0.2) is 24.5 Å². The number of pyridine rings is 1. The molecule has 0 fully saturated rings. The molecule has 7 heteroatoms. The van der Waals surface area contributed by atoms with E-state index in [9.17, 15) is 9.90 Å². The molecule has 1 aliphatic carbocycles. The van der Waals surface area contributed by atoms with Crippen molar-refractivity contribution in [3.63, 3.8) is 0 Å². The van der Waals surface area contributed by atoms with Gasteiger partial charge in [0.1, 0.15) is 5.65 Å². The van der Waals surface area contributed by atoms with Gasteiger partial charge in [0.05, 0.1) is 5.69 Å². The number of fused-ring (bicyclic) bond motifs is 2. The maximum Gasteiger partial charge on any atom is 0.356 e. The summed E-state index contributed by atoms with van der Waals surface area (Å²) in [6, 6.07) is 4.31. The highest BCUT2D eigenvalue weighted by Crippen LogP contribution is 2.26. The molecular formula is C21H27N5O2. The summed E-state index contributed by atoms with van der Waals surface area (Å²) in [7, 11) is 0. The van der Waals surface area contributed by atoms with Crippen molar-refractivity contribution in [3.8, 4) is 0 Å². The normalized spacial score (nSPS) is 16.6. The molecule has 0 aliphatic heterocycles. The number of nitrogens with zero attached hydrogens (tertiary/aromatic N) is 4. The first-order chi connectivity index (χ1) is 13.4. The highest BCUT2D eigenvalue weighted by Gasteiger charge is 2.29. The van der Waals surface area contributed by atoms with Gasteiger partial charge in [0.25, 0.3) is 0 Å². The third kappa shape index (κ3) is 3.67. The lowest BCUT2D eigenvalue weighted by atomic mass is 9.91. The minimum atomic E-state index is -0.935. The highest BCUT2D eigenvalue weighted by atomic mass is 16.4. The largest absolute Gasteiger partial charge is 0.476 e. The van der Waals surface area contributed by atoms with E-state index in [1.54, 1.807) is 0 Å². The van der Waals surface area contributed by atoms with Crippen molar-refractivity contribution >= 4 is 11.6 Å². The van der Waals surface area contributed by atoms with Crippen LogP contribution in [-0.4, -0.2) is 36.3 Å². The number of hydrogen-bond acceptors (Lipinski definition) is 4. The number of nitrogens with one attached hydrogen (secondary N) is 1.